The molecule has 1 unspecified atom stereocenters. The molecule has 0 saturated heterocycles. The van der Waals surface area contributed by atoms with Crippen LogP contribution in [0.15, 0.2) is 4.90 Å². The van der Waals surface area contributed by atoms with Crippen LogP contribution >= 0.6 is 10.7 Å². The van der Waals surface area contributed by atoms with Gasteiger partial charge in [0.1, 0.15) is 15.8 Å². The molecule has 0 heterocycles. The van der Waals surface area contributed by atoms with Gasteiger partial charge in [-0.05, 0) is 60.6 Å². The zero-order valence-electron chi connectivity index (χ0n) is 9.60. The second kappa shape index (κ2) is 4.54. The van der Waals surface area contributed by atoms with E-state index in [9.17, 15) is 4.21 Å². The van der Waals surface area contributed by atoms with Crippen LogP contribution < -0.4 is 4.74 Å². The van der Waals surface area contributed by atoms with Crippen molar-refractivity contribution in [2.45, 2.75) is 32.6 Å². The third kappa shape index (κ3) is 2.04. The minimum atomic E-state index is -1.47. The summed E-state index contributed by atoms with van der Waals surface area (Å²) in [5.74, 6) is 0.857. The van der Waals surface area contributed by atoms with Crippen molar-refractivity contribution >= 4 is 20.7 Å². The molecule has 0 aromatic heterocycles. The predicted molar refractivity (Wildman–Crippen MR) is 64.2 cm³/mol. The molecule has 1 aromatic rings. The van der Waals surface area contributed by atoms with Crippen LogP contribution in [0.25, 0.3) is 0 Å². The van der Waals surface area contributed by atoms with E-state index in [1.54, 1.807) is 7.11 Å². The summed E-state index contributed by atoms with van der Waals surface area (Å²) in [5.41, 5.74) is 3.90. The topological polar surface area (TPSA) is 26.3 Å². The Labute approximate surface area is 97.6 Å². The van der Waals surface area contributed by atoms with E-state index in [0.717, 1.165) is 28.0 Å². The highest BCUT2D eigenvalue weighted by atomic mass is 35.7. The summed E-state index contributed by atoms with van der Waals surface area (Å²) in [4.78, 5) is 0.715. The third-order valence-electron chi connectivity index (χ3n) is 2.85. The molecule has 0 fully saturated rings. The van der Waals surface area contributed by atoms with Gasteiger partial charge in [0.2, 0.25) is 0 Å². The molecule has 1 rings (SSSR count). The fourth-order valence-corrected chi connectivity index (χ4v) is 3.27. The summed E-state index contributed by atoms with van der Waals surface area (Å²) >= 11 is 0. The lowest BCUT2D eigenvalue weighted by Gasteiger charge is -2.17. The number of hydrogen-bond donors (Lipinski definition) is 0. The average molecular weight is 247 g/mol. The molecule has 15 heavy (non-hydrogen) atoms. The first-order valence-electron chi connectivity index (χ1n) is 4.64. The van der Waals surface area contributed by atoms with E-state index in [2.05, 4.69) is 0 Å². The van der Waals surface area contributed by atoms with E-state index in [1.165, 1.54) is 0 Å². The number of benzene rings is 1. The molecule has 0 amide bonds. The number of methoxy groups -OCH3 is 1. The highest BCUT2D eigenvalue weighted by molar-refractivity contribution is 8.08. The van der Waals surface area contributed by atoms with Crippen molar-refractivity contribution in [3.05, 3.63) is 22.3 Å². The zero-order chi connectivity index (χ0) is 11.7. The molecule has 0 spiro atoms. The molecule has 0 aliphatic carbocycles. The van der Waals surface area contributed by atoms with Gasteiger partial charge in [0.25, 0.3) is 0 Å². The van der Waals surface area contributed by atoms with Crippen LogP contribution in [0, 0.1) is 27.7 Å². The van der Waals surface area contributed by atoms with Gasteiger partial charge in [0.05, 0.1) is 12.0 Å². The summed E-state index contributed by atoms with van der Waals surface area (Å²) in [5, 5.41) is 0. The molecule has 0 aliphatic heterocycles. The number of ether oxygens (including phenoxy) is 1. The van der Waals surface area contributed by atoms with E-state index in [-0.39, 0.29) is 0 Å². The molecule has 4 heteroatoms. The Morgan fingerprint density at radius 1 is 1.00 bits per heavy atom. The average Bonchev–Trinajstić information content (AvgIpc) is 2.16. The second-order valence-electron chi connectivity index (χ2n) is 3.59. The lowest BCUT2D eigenvalue weighted by Crippen LogP contribution is -2.02. The number of hydrogen-bond acceptors (Lipinski definition) is 2. The van der Waals surface area contributed by atoms with Crippen molar-refractivity contribution < 1.29 is 8.95 Å². The normalized spacial score (nSPS) is 12.7. The molecular weight excluding hydrogens is 232 g/mol. The molecule has 0 saturated carbocycles. The first-order chi connectivity index (χ1) is 6.91. The van der Waals surface area contributed by atoms with Gasteiger partial charge in [-0.1, -0.05) is 0 Å². The lowest BCUT2D eigenvalue weighted by molar-refractivity contribution is 0.407. The Balaban J connectivity index is 3.66. The van der Waals surface area contributed by atoms with E-state index < -0.39 is 10.0 Å². The monoisotopic (exact) mass is 246 g/mol. The second-order valence-corrected chi connectivity index (χ2v) is 5.28. The quantitative estimate of drug-likeness (QED) is 0.750. The number of halogens is 1. The van der Waals surface area contributed by atoms with E-state index in [1.807, 2.05) is 27.7 Å². The first-order valence-corrected chi connectivity index (χ1v) is 6.61. The van der Waals surface area contributed by atoms with Crippen LogP contribution in [0.4, 0.5) is 0 Å². The molecule has 0 N–H and O–H groups in total. The summed E-state index contributed by atoms with van der Waals surface area (Å²) < 4.78 is 16.8. The molecule has 2 nitrogen and oxygen atoms in total. The van der Waals surface area contributed by atoms with Gasteiger partial charge < -0.3 is 4.74 Å². The van der Waals surface area contributed by atoms with Crippen LogP contribution in [-0.2, 0) is 10.0 Å². The molecule has 1 atom stereocenters. The van der Waals surface area contributed by atoms with E-state index in [4.69, 9.17) is 15.4 Å². The van der Waals surface area contributed by atoms with Crippen LogP contribution in [0.5, 0.6) is 5.75 Å². The highest BCUT2D eigenvalue weighted by Crippen LogP contribution is 2.34. The zero-order valence-corrected chi connectivity index (χ0v) is 11.2. The lowest BCUT2D eigenvalue weighted by atomic mass is 10.00. The Morgan fingerprint density at radius 3 is 1.67 bits per heavy atom. The van der Waals surface area contributed by atoms with Crippen molar-refractivity contribution in [3.63, 3.8) is 0 Å². The third-order valence-corrected chi connectivity index (χ3v) is 4.25. The maximum absolute atomic E-state index is 11.4. The SMILES string of the molecule is COc1c(C)c(C)c(S(=O)Cl)c(C)c1C. The standard InChI is InChI=1S/C11H15ClO2S/c1-6-8(3)11(15(12)13)9(4)7(2)10(6)14-5/h1-5H3. The summed E-state index contributed by atoms with van der Waals surface area (Å²) in [7, 11) is 5.86. The van der Waals surface area contributed by atoms with Gasteiger partial charge in [-0.2, -0.15) is 0 Å². The van der Waals surface area contributed by atoms with E-state index >= 15 is 0 Å². The summed E-state index contributed by atoms with van der Waals surface area (Å²) in [6.45, 7) is 7.74. The molecular formula is C11H15ClO2S. The Morgan fingerprint density at radius 2 is 1.40 bits per heavy atom. The molecule has 0 bridgehead atoms. The Kier molecular flexibility index (Phi) is 3.79. The fourth-order valence-electron chi connectivity index (χ4n) is 1.79. The van der Waals surface area contributed by atoms with E-state index in [0.29, 0.717) is 4.90 Å². The van der Waals surface area contributed by atoms with Gasteiger partial charge >= 0.3 is 0 Å². The Bertz CT molecular complexity index is 398. The van der Waals surface area contributed by atoms with Crippen LogP contribution in [0.2, 0.25) is 0 Å². The van der Waals surface area contributed by atoms with Gasteiger partial charge in [-0.25, -0.2) is 4.21 Å². The number of rotatable bonds is 2. The van der Waals surface area contributed by atoms with Crippen molar-refractivity contribution in [2.75, 3.05) is 7.11 Å². The fraction of sp³-hybridized carbons (Fsp3) is 0.455. The van der Waals surface area contributed by atoms with Gasteiger partial charge in [-0.3, -0.25) is 0 Å². The first kappa shape index (κ1) is 12.5. The summed E-state index contributed by atoms with van der Waals surface area (Å²) in [6.07, 6.45) is 0. The largest absolute Gasteiger partial charge is 0.496 e. The van der Waals surface area contributed by atoms with Crippen molar-refractivity contribution in [2.24, 2.45) is 0 Å². The van der Waals surface area contributed by atoms with Gasteiger partial charge in [0.15, 0.2) is 0 Å². The van der Waals surface area contributed by atoms with Crippen molar-refractivity contribution in [1.29, 1.82) is 0 Å². The molecule has 0 aliphatic rings. The maximum Gasteiger partial charge on any atom is 0.148 e. The van der Waals surface area contributed by atoms with Gasteiger partial charge in [-0.15, -0.1) is 0 Å². The highest BCUT2D eigenvalue weighted by Gasteiger charge is 2.18. The smallest absolute Gasteiger partial charge is 0.148 e. The van der Waals surface area contributed by atoms with Crippen molar-refractivity contribution in [3.8, 4) is 5.75 Å². The minimum Gasteiger partial charge on any atom is -0.496 e. The maximum atomic E-state index is 11.4. The van der Waals surface area contributed by atoms with Crippen LogP contribution in [-0.4, -0.2) is 11.3 Å². The minimum absolute atomic E-state index is 0.715. The molecule has 0 radical (unpaired) electrons. The van der Waals surface area contributed by atoms with Crippen molar-refractivity contribution in [1.82, 2.24) is 0 Å². The molecule has 1 aromatic carbocycles. The molecule has 84 valence electrons. The predicted octanol–water partition coefficient (Wildman–Crippen LogP) is 3.19. The van der Waals surface area contributed by atoms with Crippen LogP contribution in [0.1, 0.15) is 22.3 Å². The Hall–Kier alpha value is -0.540. The summed E-state index contributed by atoms with van der Waals surface area (Å²) in [6, 6.07) is 0. The van der Waals surface area contributed by atoms with Gasteiger partial charge in [0, 0.05) is 0 Å². The van der Waals surface area contributed by atoms with Crippen LogP contribution in [0.3, 0.4) is 0 Å².